The molecule has 106 valence electrons. The number of rotatable bonds is 2. The van der Waals surface area contributed by atoms with Crippen LogP contribution in [0.2, 0.25) is 5.02 Å². The van der Waals surface area contributed by atoms with Crippen molar-refractivity contribution in [3.05, 3.63) is 47.0 Å². The maximum Gasteiger partial charge on any atom is 0.416 e. The molecular formula is C13H11ClF3N3. The van der Waals surface area contributed by atoms with Crippen molar-refractivity contribution in [2.24, 2.45) is 0 Å². The van der Waals surface area contributed by atoms with E-state index in [2.05, 4.69) is 5.32 Å². The zero-order valence-electron chi connectivity index (χ0n) is 10.1. The monoisotopic (exact) mass is 301 g/mol. The van der Waals surface area contributed by atoms with Gasteiger partial charge in [0.15, 0.2) is 0 Å². The molecule has 2 rings (SSSR count). The lowest BCUT2D eigenvalue weighted by Gasteiger charge is -2.13. The lowest BCUT2D eigenvalue weighted by Crippen LogP contribution is -2.05. The maximum atomic E-state index is 12.6. The number of nitrogens with two attached hydrogens (primary N) is 2. The van der Waals surface area contributed by atoms with Gasteiger partial charge in [-0.2, -0.15) is 13.2 Å². The van der Waals surface area contributed by atoms with Crippen LogP contribution in [0.5, 0.6) is 0 Å². The van der Waals surface area contributed by atoms with E-state index < -0.39 is 11.7 Å². The Morgan fingerprint density at radius 2 is 1.65 bits per heavy atom. The Kier molecular flexibility index (Phi) is 3.67. The van der Waals surface area contributed by atoms with Crippen molar-refractivity contribution < 1.29 is 13.2 Å². The minimum atomic E-state index is -4.43. The van der Waals surface area contributed by atoms with E-state index >= 15 is 0 Å². The fourth-order valence-corrected chi connectivity index (χ4v) is 1.77. The zero-order chi connectivity index (χ0) is 14.9. The van der Waals surface area contributed by atoms with E-state index in [0.29, 0.717) is 17.1 Å². The SMILES string of the molecule is Nc1ccc(Nc2cc(C(F)(F)F)ccc2Cl)cc1N. The lowest BCUT2D eigenvalue weighted by atomic mass is 10.2. The maximum absolute atomic E-state index is 12.6. The molecule has 0 aliphatic rings. The van der Waals surface area contributed by atoms with Crippen LogP contribution in [0, 0.1) is 0 Å². The Morgan fingerprint density at radius 3 is 2.25 bits per heavy atom. The summed E-state index contributed by atoms with van der Waals surface area (Å²) in [7, 11) is 0. The van der Waals surface area contributed by atoms with Gasteiger partial charge in [0.1, 0.15) is 0 Å². The fourth-order valence-electron chi connectivity index (χ4n) is 1.61. The number of benzene rings is 2. The van der Waals surface area contributed by atoms with Gasteiger partial charge in [-0.25, -0.2) is 0 Å². The van der Waals surface area contributed by atoms with Crippen LogP contribution in [0.4, 0.5) is 35.9 Å². The summed E-state index contributed by atoms with van der Waals surface area (Å²) in [6, 6.07) is 7.72. The molecule has 0 aliphatic heterocycles. The summed E-state index contributed by atoms with van der Waals surface area (Å²) in [6.07, 6.45) is -4.43. The summed E-state index contributed by atoms with van der Waals surface area (Å²) < 4.78 is 37.9. The topological polar surface area (TPSA) is 64.1 Å². The predicted octanol–water partition coefficient (Wildman–Crippen LogP) is 4.27. The Hall–Kier alpha value is -2.08. The van der Waals surface area contributed by atoms with Crippen LogP contribution in [0.25, 0.3) is 0 Å². The van der Waals surface area contributed by atoms with E-state index in [1.54, 1.807) is 12.1 Å². The molecule has 5 N–H and O–H groups in total. The third kappa shape index (κ3) is 3.08. The van der Waals surface area contributed by atoms with Gasteiger partial charge in [-0.1, -0.05) is 11.6 Å². The molecule has 0 bridgehead atoms. The second-order valence-corrected chi connectivity index (χ2v) is 4.57. The molecule has 0 fully saturated rings. The Balaban J connectivity index is 2.35. The van der Waals surface area contributed by atoms with Crippen molar-refractivity contribution >= 4 is 34.4 Å². The van der Waals surface area contributed by atoms with Gasteiger partial charge in [-0.05, 0) is 36.4 Å². The molecule has 7 heteroatoms. The Morgan fingerprint density at radius 1 is 0.950 bits per heavy atom. The molecule has 0 saturated carbocycles. The number of nitrogen functional groups attached to an aromatic ring is 2. The number of nitrogens with one attached hydrogen (secondary N) is 1. The molecule has 0 heterocycles. The number of halogens is 4. The molecule has 3 nitrogen and oxygen atoms in total. The highest BCUT2D eigenvalue weighted by Gasteiger charge is 2.30. The molecule has 0 saturated heterocycles. The third-order valence-corrected chi connectivity index (χ3v) is 2.99. The first-order chi connectivity index (χ1) is 9.27. The van der Waals surface area contributed by atoms with Crippen molar-refractivity contribution in [2.75, 3.05) is 16.8 Å². The van der Waals surface area contributed by atoms with Crippen molar-refractivity contribution in [2.45, 2.75) is 6.18 Å². The minimum absolute atomic E-state index is 0.144. The van der Waals surface area contributed by atoms with Crippen molar-refractivity contribution in [1.82, 2.24) is 0 Å². The summed E-state index contributed by atoms with van der Waals surface area (Å²) in [6.45, 7) is 0. The van der Waals surface area contributed by atoms with Crippen LogP contribution >= 0.6 is 11.6 Å². The van der Waals surface area contributed by atoms with Crippen LogP contribution < -0.4 is 16.8 Å². The Bertz CT molecular complexity index is 641. The molecule has 0 aromatic heterocycles. The first kappa shape index (κ1) is 14.3. The molecule has 0 unspecified atom stereocenters. The van der Waals surface area contributed by atoms with Gasteiger partial charge in [0.05, 0.1) is 27.6 Å². The van der Waals surface area contributed by atoms with Crippen LogP contribution in [0.3, 0.4) is 0 Å². The van der Waals surface area contributed by atoms with Crippen molar-refractivity contribution in [3.8, 4) is 0 Å². The van der Waals surface area contributed by atoms with Crippen LogP contribution in [-0.4, -0.2) is 0 Å². The van der Waals surface area contributed by atoms with Gasteiger partial charge < -0.3 is 16.8 Å². The summed E-state index contributed by atoms with van der Waals surface area (Å²) in [5.74, 6) is 0. The van der Waals surface area contributed by atoms with Crippen LogP contribution in [0.15, 0.2) is 36.4 Å². The van der Waals surface area contributed by atoms with E-state index in [9.17, 15) is 13.2 Å². The average molecular weight is 302 g/mol. The standard InChI is InChI=1S/C13H11ClF3N3/c14-9-3-1-7(13(15,16)17)5-12(9)20-8-2-4-10(18)11(19)6-8/h1-6,20H,18-19H2. The predicted molar refractivity (Wildman–Crippen MR) is 75.0 cm³/mol. The second-order valence-electron chi connectivity index (χ2n) is 4.16. The highest BCUT2D eigenvalue weighted by molar-refractivity contribution is 6.33. The number of anilines is 4. The van der Waals surface area contributed by atoms with E-state index in [-0.39, 0.29) is 10.7 Å². The largest absolute Gasteiger partial charge is 0.416 e. The third-order valence-electron chi connectivity index (χ3n) is 2.66. The molecule has 0 amide bonds. The van der Waals surface area contributed by atoms with E-state index in [1.807, 2.05) is 0 Å². The van der Waals surface area contributed by atoms with Crippen LogP contribution in [0.1, 0.15) is 5.56 Å². The average Bonchev–Trinajstić information content (AvgIpc) is 2.35. The first-order valence-corrected chi connectivity index (χ1v) is 5.94. The highest BCUT2D eigenvalue weighted by atomic mass is 35.5. The first-order valence-electron chi connectivity index (χ1n) is 5.56. The summed E-state index contributed by atoms with van der Waals surface area (Å²) in [5, 5.41) is 2.96. The number of alkyl halides is 3. The van der Waals surface area contributed by atoms with Gasteiger partial charge in [-0.3, -0.25) is 0 Å². The molecule has 20 heavy (non-hydrogen) atoms. The summed E-state index contributed by atoms with van der Waals surface area (Å²) >= 11 is 5.88. The molecule has 2 aromatic carbocycles. The van der Waals surface area contributed by atoms with Gasteiger partial charge >= 0.3 is 6.18 Å². The van der Waals surface area contributed by atoms with E-state index in [1.165, 1.54) is 12.1 Å². The summed E-state index contributed by atoms with van der Waals surface area (Å²) in [4.78, 5) is 0. The van der Waals surface area contributed by atoms with Crippen molar-refractivity contribution in [3.63, 3.8) is 0 Å². The zero-order valence-corrected chi connectivity index (χ0v) is 10.9. The normalized spacial score (nSPS) is 11.4. The number of hydrogen-bond acceptors (Lipinski definition) is 3. The van der Waals surface area contributed by atoms with Gasteiger partial charge in [0.25, 0.3) is 0 Å². The molecule has 0 atom stereocenters. The van der Waals surface area contributed by atoms with Crippen molar-refractivity contribution in [1.29, 1.82) is 0 Å². The van der Waals surface area contributed by atoms with Gasteiger partial charge in [-0.15, -0.1) is 0 Å². The van der Waals surface area contributed by atoms with E-state index in [4.69, 9.17) is 23.1 Å². The smallest absolute Gasteiger partial charge is 0.397 e. The molecular weight excluding hydrogens is 291 g/mol. The fraction of sp³-hybridized carbons (Fsp3) is 0.0769. The summed E-state index contributed by atoms with van der Waals surface area (Å²) in [5.41, 5.74) is 11.8. The molecule has 0 aliphatic carbocycles. The minimum Gasteiger partial charge on any atom is -0.397 e. The molecule has 0 spiro atoms. The number of hydrogen-bond donors (Lipinski definition) is 3. The second kappa shape index (κ2) is 5.13. The molecule has 2 aromatic rings. The van der Waals surface area contributed by atoms with Crippen LogP contribution in [-0.2, 0) is 6.18 Å². The highest BCUT2D eigenvalue weighted by Crippen LogP contribution is 2.35. The van der Waals surface area contributed by atoms with Gasteiger partial charge in [0.2, 0.25) is 0 Å². The molecule has 0 radical (unpaired) electrons. The Labute approximate surface area is 118 Å². The lowest BCUT2D eigenvalue weighted by molar-refractivity contribution is -0.137. The quantitative estimate of drug-likeness (QED) is 0.726. The van der Waals surface area contributed by atoms with Gasteiger partial charge in [0, 0.05) is 5.69 Å². The van der Waals surface area contributed by atoms with E-state index in [0.717, 1.165) is 12.1 Å².